The summed E-state index contributed by atoms with van der Waals surface area (Å²) in [7, 11) is 0. The molecule has 0 radical (unpaired) electrons. The minimum Gasteiger partial charge on any atom is -0.342 e. The molecule has 1 aromatic carbocycles. The van der Waals surface area contributed by atoms with Gasteiger partial charge in [0.15, 0.2) is 5.82 Å². The molecule has 4 heteroatoms. The highest BCUT2D eigenvalue weighted by atomic mass is 32.1. The van der Waals surface area contributed by atoms with Crippen LogP contribution in [0.4, 0.5) is 0 Å². The number of benzene rings is 1. The van der Waals surface area contributed by atoms with E-state index in [0.29, 0.717) is 0 Å². The van der Waals surface area contributed by atoms with Gasteiger partial charge in [0.05, 0.1) is 0 Å². The number of rotatable bonds is 1. The lowest BCUT2D eigenvalue weighted by Crippen LogP contribution is -1.99. The fourth-order valence-electron chi connectivity index (χ4n) is 2.88. The van der Waals surface area contributed by atoms with Gasteiger partial charge in [-0.25, -0.2) is 4.98 Å². The number of pyridine rings is 1. The molecular weight excluding hydrogens is 266 g/mol. The van der Waals surface area contributed by atoms with Crippen LogP contribution in [0.5, 0.6) is 0 Å². The molecule has 1 aliphatic carbocycles. The van der Waals surface area contributed by atoms with E-state index in [-0.39, 0.29) is 0 Å². The van der Waals surface area contributed by atoms with E-state index in [0.717, 1.165) is 40.8 Å². The Bertz CT molecular complexity index is 862. The number of aryl methyl sites for hydroxylation is 1. The molecule has 0 fully saturated rings. The van der Waals surface area contributed by atoms with Crippen molar-refractivity contribution in [1.82, 2.24) is 15.0 Å². The van der Waals surface area contributed by atoms with E-state index in [4.69, 9.17) is 12.2 Å². The van der Waals surface area contributed by atoms with Crippen molar-refractivity contribution in [2.45, 2.75) is 19.3 Å². The van der Waals surface area contributed by atoms with E-state index < -0.39 is 0 Å². The molecule has 3 nitrogen and oxygen atoms in total. The smallest absolute Gasteiger partial charge is 0.158 e. The van der Waals surface area contributed by atoms with Crippen LogP contribution in [0.2, 0.25) is 0 Å². The fourth-order valence-corrected chi connectivity index (χ4v) is 3.19. The molecule has 2 heterocycles. The first-order valence-corrected chi connectivity index (χ1v) is 7.20. The first-order valence-electron chi connectivity index (χ1n) is 6.79. The Kier molecular flexibility index (Phi) is 2.63. The average Bonchev–Trinajstić information content (AvgIpc) is 2.95. The van der Waals surface area contributed by atoms with Gasteiger partial charge in [-0.1, -0.05) is 36.5 Å². The molecule has 0 bridgehead atoms. The largest absolute Gasteiger partial charge is 0.342 e. The van der Waals surface area contributed by atoms with Crippen molar-refractivity contribution < 1.29 is 0 Å². The zero-order valence-electron chi connectivity index (χ0n) is 10.9. The molecular formula is C16H13N3S. The molecule has 0 saturated carbocycles. The Morgan fingerprint density at radius 2 is 2.00 bits per heavy atom. The molecule has 20 heavy (non-hydrogen) atoms. The van der Waals surface area contributed by atoms with Crippen molar-refractivity contribution in [3.63, 3.8) is 0 Å². The number of aromatic amines is 1. The number of aromatic nitrogens is 3. The Morgan fingerprint density at radius 3 is 2.95 bits per heavy atom. The second-order valence-electron chi connectivity index (χ2n) is 5.08. The Balaban J connectivity index is 2.01. The van der Waals surface area contributed by atoms with Crippen LogP contribution in [0.1, 0.15) is 17.7 Å². The summed E-state index contributed by atoms with van der Waals surface area (Å²) < 4.78 is 0.723. The molecule has 0 aliphatic heterocycles. The molecule has 0 unspecified atom stereocenters. The van der Waals surface area contributed by atoms with E-state index in [1.807, 2.05) is 24.4 Å². The molecule has 0 amide bonds. The maximum atomic E-state index is 5.43. The predicted molar refractivity (Wildman–Crippen MR) is 82.2 cm³/mol. The number of H-pyrrole nitrogens is 1. The molecule has 1 aliphatic rings. The van der Waals surface area contributed by atoms with Gasteiger partial charge in [0, 0.05) is 22.8 Å². The third-order valence-corrected chi connectivity index (χ3v) is 4.19. The summed E-state index contributed by atoms with van der Waals surface area (Å²) in [5.74, 6) is 0.785. The SMILES string of the molecule is S=c1nc(-c2nccc3ccccc23)[nH]c2c1CCC2. The molecule has 98 valence electrons. The quantitative estimate of drug-likeness (QED) is 0.688. The van der Waals surface area contributed by atoms with E-state index >= 15 is 0 Å². The summed E-state index contributed by atoms with van der Waals surface area (Å²) in [6.45, 7) is 0. The van der Waals surface area contributed by atoms with E-state index in [1.54, 1.807) is 0 Å². The van der Waals surface area contributed by atoms with Gasteiger partial charge in [-0.05, 0) is 30.7 Å². The Labute approximate surface area is 121 Å². The van der Waals surface area contributed by atoms with Crippen LogP contribution in [0.25, 0.3) is 22.3 Å². The maximum absolute atomic E-state index is 5.43. The van der Waals surface area contributed by atoms with Crippen LogP contribution in [-0.2, 0) is 12.8 Å². The maximum Gasteiger partial charge on any atom is 0.158 e. The highest BCUT2D eigenvalue weighted by Gasteiger charge is 2.16. The molecule has 3 aromatic rings. The van der Waals surface area contributed by atoms with Crippen molar-refractivity contribution in [3.8, 4) is 11.5 Å². The van der Waals surface area contributed by atoms with Crippen molar-refractivity contribution in [1.29, 1.82) is 0 Å². The number of fused-ring (bicyclic) bond motifs is 2. The lowest BCUT2D eigenvalue weighted by Gasteiger charge is -2.07. The van der Waals surface area contributed by atoms with Crippen LogP contribution in [0.3, 0.4) is 0 Å². The molecule has 0 saturated heterocycles. The first kappa shape index (κ1) is 11.7. The molecule has 4 rings (SSSR count). The topological polar surface area (TPSA) is 41.6 Å². The number of nitrogens with zero attached hydrogens (tertiary/aromatic N) is 2. The molecule has 0 atom stereocenters. The zero-order chi connectivity index (χ0) is 13.5. The minimum atomic E-state index is 0.723. The minimum absolute atomic E-state index is 0.723. The van der Waals surface area contributed by atoms with Crippen molar-refractivity contribution in [2.75, 3.05) is 0 Å². The van der Waals surface area contributed by atoms with E-state index in [2.05, 4.69) is 27.1 Å². The fraction of sp³-hybridized carbons (Fsp3) is 0.188. The lowest BCUT2D eigenvalue weighted by atomic mass is 10.1. The van der Waals surface area contributed by atoms with Gasteiger partial charge in [0.1, 0.15) is 10.3 Å². The molecule has 1 N–H and O–H groups in total. The summed E-state index contributed by atoms with van der Waals surface area (Å²) in [4.78, 5) is 12.5. The van der Waals surface area contributed by atoms with Gasteiger partial charge < -0.3 is 4.98 Å². The average molecular weight is 279 g/mol. The number of hydrogen-bond acceptors (Lipinski definition) is 3. The summed E-state index contributed by atoms with van der Waals surface area (Å²) >= 11 is 5.43. The van der Waals surface area contributed by atoms with Crippen LogP contribution in [0, 0.1) is 4.64 Å². The first-order chi connectivity index (χ1) is 9.83. The number of hydrogen-bond donors (Lipinski definition) is 1. The summed E-state index contributed by atoms with van der Waals surface area (Å²) in [5.41, 5.74) is 3.32. The van der Waals surface area contributed by atoms with Gasteiger partial charge in [-0.3, -0.25) is 4.98 Å². The Morgan fingerprint density at radius 1 is 1.10 bits per heavy atom. The van der Waals surface area contributed by atoms with Gasteiger partial charge in [-0.15, -0.1) is 0 Å². The third kappa shape index (κ3) is 1.76. The predicted octanol–water partition coefficient (Wildman–Crippen LogP) is 3.84. The third-order valence-electron chi connectivity index (χ3n) is 3.86. The molecule has 0 spiro atoms. The van der Waals surface area contributed by atoms with Gasteiger partial charge in [0.2, 0.25) is 0 Å². The van der Waals surface area contributed by atoms with Gasteiger partial charge in [0.25, 0.3) is 0 Å². The van der Waals surface area contributed by atoms with E-state index in [9.17, 15) is 0 Å². The van der Waals surface area contributed by atoms with Crippen molar-refractivity contribution in [3.05, 3.63) is 52.4 Å². The second kappa shape index (κ2) is 4.49. The summed E-state index contributed by atoms with van der Waals surface area (Å²) in [5, 5.41) is 2.27. The second-order valence-corrected chi connectivity index (χ2v) is 5.47. The van der Waals surface area contributed by atoms with E-state index in [1.165, 1.54) is 16.6 Å². The summed E-state index contributed by atoms with van der Waals surface area (Å²) in [6, 6.07) is 10.2. The molecule has 2 aromatic heterocycles. The highest BCUT2D eigenvalue weighted by molar-refractivity contribution is 7.71. The van der Waals surface area contributed by atoms with Crippen LogP contribution in [0.15, 0.2) is 36.5 Å². The normalized spacial score (nSPS) is 13.6. The highest BCUT2D eigenvalue weighted by Crippen LogP contribution is 2.27. The van der Waals surface area contributed by atoms with Crippen molar-refractivity contribution in [2.24, 2.45) is 0 Å². The van der Waals surface area contributed by atoms with Gasteiger partial charge >= 0.3 is 0 Å². The summed E-state index contributed by atoms with van der Waals surface area (Å²) in [6.07, 6.45) is 5.08. The van der Waals surface area contributed by atoms with Crippen LogP contribution < -0.4 is 0 Å². The van der Waals surface area contributed by atoms with Crippen LogP contribution in [-0.4, -0.2) is 15.0 Å². The number of nitrogens with one attached hydrogen (secondary N) is 1. The lowest BCUT2D eigenvalue weighted by molar-refractivity contribution is 0.899. The van der Waals surface area contributed by atoms with Crippen molar-refractivity contribution >= 4 is 23.0 Å². The zero-order valence-corrected chi connectivity index (χ0v) is 11.7. The van der Waals surface area contributed by atoms with Crippen LogP contribution >= 0.6 is 12.2 Å². The monoisotopic (exact) mass is 279 g/mol. The van der Waals surface area contributed by atoms with Gasteiger partial charge in [-0.2, -0.15) is 0 Å². The Hall–Kier alpha value is -2.07. The standard InChI is InChI=1S/C16H13N3S/c20-16-12-6-3-7-13(12)18-15(19-16)14-11-5-2-1-4-10(11)8-9-17-14/h1-2,4-5,8-9H,3,6-7H2,(H,18,19,20).